The number of halogens is 2. The molecule has 1 aliphatic rings. The van der Waals surface area contributed by atoms with Gasteiger partial charge in [0.2, 0.25) is 0 Å². The fourth-order valence-electron chi connectivity index (χ4n) is 3.83. The highest BCUT2D eigenvalue weighted by Crippen LogP contribution is 2.32. The Bertz CT molecular complexity index is 1080. The van der Waals surface area contributed by atoms with Crippen molar-refractivity contribution in [1.29, 1.82) is 0 Å². The predicted octanol–water partition coefficient (Wildman–Crippen LogP) is 4.15. The first-order chi connectivity index (χ1) is 15.5. The van der Waals surface area contributed by atoms with Gasteiger partial charge in [-0.15, -0.1) is 0 Å². The summed E-state index contributed by atoms with van der Waals surface area (Å²) < 4.78 is 19.4. The van der Waals surface area contributed by atoms with Crippen molar-refractivity contribution in [3.8, 4) is 5.75 Å². The molecule has 3 aromatic rings. The molecule has 0 amide bonds. The quantitative estimate of drug-likeness (QED) is 0.406. The minimum atomic E-state index is -0.473. The smallest absolute Gasteiger partial charge is 0.144 e. The molecule has 0 radical (unpaired) electrons. The monoisotopic (exact) mass is 458 g/mol. The largest absolute Gasteiger partial charge is 0.491 e. The number of nitrogens with zero attached hydrogens (tertiary/aromatic N) is 4. The molecule has 170 valence electrons. The van der Waals surface area contributed by atoms with Crippen LogP contribution in [0.2, 0.25) is 5.02 Å². The topological polar surface area (TPSA) is 79.5 Å². The fourth-order valence-corrected chi connectivity index (χ4v) is 4.01. The number of nitrogens with two attached hydrogens (primary N) is 1. The van der Waals surface area contributed by atoms with Gasteiger partial charge in [0.1, 0.15) is 23.7 Å². The predicted molar refractivity (Wildman–Crippen MR) is 127 cm³/mol. The molecule has 1 saturated heterocycles. The van der Waals surface area contributed by atoms with Crippen LogP contribution in [-0.4, -0.2) is 66.1 Å². The van der Waals surface area contributed by atoms with Gasteiger partial charge in [0.25, 0.3) is 0 Å². The number of nitrogen functional groups attached to an aromatic ring is 1. The van der Waals surface area contributed by atoms with Crippen molar-refractivity contribution in [3.05, 3.63) is 47.5 Å². The highest BCUT2D eigenvalue weighted by Gasteiger charge is 2.13. The zero-order chi connectivity index (χ0) is 22.5. The van der Waals surface area contributed by atoms with Gasteiger partial charge >= 0.3 is 0 Å². The lowest BCUT2D eigenvalue weighted by atomic mass is 10.2. The zero-order valence-corrected chi connectivity index (χ0v) is 18.9. The highest BCUT2D eigenvalue weighted by atomic mass is 35.5. The Balaban J connectivity index is 1.40. The lowest BCUT2D eigenvalue weighted by Gasteiger charge is -2.20. The summed E-state index contributed by atoms with van der Waals surface area (Å²) >= 11 is 5.88. The Hall–Kier alpha value is -2.68. The molecule has 9 heteroatoms. The summed E-state index contributed by atoms with van der Waals surface area (Å²) in [5.74, 6) is 0.698. The molecule has 0 aliphatic carbocycles. The number of hydrogen-bond acceptors (Lipinski definition) is 7. The van der Waals surface area contributed by atoms with E-state index in [0.717, 1.165) is 44.5 Å². The SMILES string of the molecule is CN1CCCN(CCCOc2cc3ncnc(Nc4ccc(F)c(Cl)c4)c3cc2N)CC1. The van der Waals surface area contributed by atoms with E-state index in [9.17, 15) is 4.39 Å². The molecule has 7 nitrogen and oxygen atoms in total. The van der Waals surface area contributed by atoms with Gasteiger partial charge in [0.15, 0.2) is 0 Å². The van der Waals surface area contributed by atoms with E-state index in [2.05, 4.69) is 32.1 Å². The van der Waals surface area contributed by atoms with Crippen LogP contribution in [0.1, 0.15) is 12.8 Å². The molecule has 1 aliphatic heterocycles. The number of nitrogens with one attached hydrogen (secondary N) is 1. The van der Waals surface area contributed by atoms with Crippen LogP contribution in [0.4, 0.5) is 21.6 Å². The molecule has 0 spiro atoms. The summed E-state index contributed by atoms with van der Waals surface area (Å²) in [4.78, 5) is 13.5. The number of aromatic nitrogens is 2. The van der Waals surface area contributed by atoms with Crippen molar-refractivity contribution < 1.29 is 9.13 Å². The third-order valence-corrected chi connectivity index (χ3v) is 5.93. The maximum Gasteiger partial charge on any atom is 0.144 e. The molecule has 2 aromatic carbocycles. The van der Waals surface area contributed by atoms with Gasteiger partial charge in [-0.2, -0.15) is 0 Å². The third-order valence-electron chi connectivity index (χ3n) is 5.64. The number of anilines is 3. The average Bonchev–Trinajstić information content (AvgIpc) is 2.98. The summed E-state index contributed by atoms with van der Waals surface area (Å²) in [7, 11) is 2.18. The Morgan fingerprint density at radius 3 is 2.88 bits per heavy atom. The summed E-state index contributed by atoms with van der Waals surface area (Å²) in [5.41, 5.74) is 8.10. The molecule has 0 unspecified atom stereocenters. The van der Waals surface area contributed by atoms with E-state index in [1.807, 2.05) is 6.07 Å². The van der Waals surface area contributed by atoms with Crippen molar-refractivity contribution in [3.63, 3.8) is 0 Å². The highest BCUT2D eigenvalue weighted by molar-refractivity contribution is 6.31. The van der Waals surface area contributed by atoms with Crippen molar-refractivity contribution >= 4 is 39.7 Å². The van der Waals surface area contributed by atoms with Crippen LogP contribution in [0, 0.1) is 5.82 Å². The number of hydrogen-bond donors (Lipinski definition) is 2. The van der Waals surface area contributed by atoms with Crippen molar-refractivity contribution in [2.45, 2.75) is 12.8 Å². The molecule has 3 N–H and O–H groups in total. The van der Waals surface area contributed by atoms with E-state index in [-0.39, 0.29) is 5.02 Å². The average molecular weight is 459 g/mol. The number of ether oxygens (including phenoxy) is 1. The lowest BCUT2D eigenvalue weighted by molar-refractivity contribution is 0.238. The van der Waals surface area contributed by atoms with E-state index in [0.29, 0.717) is 35.1 Å². The van der Waals surface area contributed by atoms with Gasteiger partial charge in [-0.25, -0.2) is 14.4 Å². The van der Waals surface area contributed by atoms with Gasteiger partial charge in [-0.1, -0.05) is 11.6 Å². The standard InChI is InChI=1S/C23H28ClFN6O/c1-30-6-2-7-31(10-9-30)8-3-11-32-22-14-21-17(13-20(22)26)23(28-15-27-21)29-16-4-5-19(25)18(24)12-16/h4-5,12-15H,2-3,6-11,26H2,1H3,(H,27,28,29). The molecule has 4 rings (SSSR count). The van der Waals surface area contributed by atoms with E-state index in [4.69, 9.17) is 22.1 Å². The van der Waals surface area contributed by atoms with E-state index < -0.39 is 5.82 Å². The fraction of sp³-hybridized carbons (Fsp3) is 0.391. The zero-order valence-electron chi connectivity index (χ0n) is 18.2. The molecule has 1 fully saturated rings. The van der Waals surface area contributed by atoms with Gasteiger partial charge in [0.05, 0.1) is 22.8 Å². The molecular weight excluding hydrogens is 431 g/mol. The van der Waals surface area contributed by atoms with Crippen molar-refractivity contribution in [2.24, 2.45) is 0 Å². The molecule has 2 heterocycles. The molecular formula is C23H28ClFN6O. The normalized spacial score (nSPS) is 15.6. The maximum absolute atomic E-state index is 13.4. The van der Waals surface area contributed by atoms with Crippen LogP contribution in [0.3, 0.4) is 0 Å². The molecule has 0 atom stereocenters. The Morgan fingerprint density at radius 2 is 2.03 bits per heavy atom. The number of fused-ring (bicyclic) bond motifs is 1. The summed E-state index contributed by atoms with van der Waals surface area (Å²) in [5, 5.41) is 3.93. The lowest BCUT2D eigenvalue weighted by Crippen LogP contribution is -2.30. The van der Waals surface area contributed by atoms with Crippen LogP contribution in [0.25, 0.3) is 10.9 Å². The van der Waals surface area contributed by atoms with Gasteiger partial charge < -0.3 is 25.6 Å². The minimum Gasteiger partial charge on any atom is -0.491 e. The molecule has 32 heavy (non-hydrogen) atoms. The molecule has 0 bridgehead atoms. The first kappa shape index (κ1) is 22.5. The second-order valence-corrected chi connectivity index (χ2v) is 8.49. The van der Waals surface area contributed by atoms with Crippen LogP contribution in [0.15, 0.2) is 36.7 Å². The first-order valence-electron chi connectivity index (χ1n) is 10.8. The number of likely N-dealkylation sites (N-methyl/N-ethyl adjacent to an activating group) is 1. The van der Waals surface area contributed by atoms with Crippen LogP contribution >= 0.6 is 11.6 Å². The van der Waals surface area contributed by atoms with Gasteiger partial charge in [-0.05, 0) is 57.2 Å². The van der Waals surface area contributed by atoms with Gasteiger partial charge in [0, 0.05) is 36.8 Å². The van der Waals surface area contributed by atoms with Crippen molar-refractivity contribution in [1.82, 2.24) is 19.8 Å². The maximum atomic E-state index is 13.4. The number of benzene rings is 2. The molecule has 1 aromatic heterocycles. The summed E-state index contributed by atoms with van der Waals surface area (Å²) in [6.45, 7) is 6.10. The minimum absolute atomic E-state index is 0.0377. The number of rotatable bonds is 7. The van der Waals surface area contributed by atoms with Crippen molar-refractivity contribution in [2.75, 3.05) is 57.4 Å². The molecule has 0 saturated carbocycles. The van der Waals surface area contributed by atoms with E-state index in [1.165, 1.54) is 24.9 Å². The third kappa shape index (κ3) is 5.56. The van der Waals surface area contributed by atoms with E-state index >= 15 is 0 Å². The Kier molecular flexibility index (Phi) is 7.24. The Morgan fingerprint density at radius 1 is 1.16 bits per heavy atom. The summed E-state index contributed by atoms with van der Waals surface area (Å²) in [6.07, 6.45) is 3.60. The Labute approximate surface area is 192 Å². The van der Waals surface area contributed by atoms with Gasteiger partial charge in [-0.3, -0.25) is 0 Å². The van der Waals surface area contributed by atoms with Crippen LogP contribution in [0.5, 0.6) is 5.75 Å². The summed E-state index contributed by atoms with van der Waals surface area (Å²) in [6, 6.07) is 8.03. The first-order valence-corrected chi connectivity index (χ1v) is 11.2. The second-order valence-electron chi connectivity index (χ2n) is 8.08. The second kappa shape index (κ2) is 10.3. The van der Waals surface area contributed by atoms with E-state index in [1.54, 1.807) is 12.1 Å². The van der Waals surface area contributed by atoms with Crippen LogP contribution in [-0.2, 0) is 0 Å². The van der Waals surface area contributed by atoms with Crippen LogP contribution < -0.4 is 15.8 Å².